The third-order valence-electron chi connectivity index (χ3n) is 0.577. The first-order valence-electron chi connectivity index (χ1n) is 2.36. The first kappa shape index (κ1) is 7.04. The van der Waals surface area contributed by atoms with Crippen molar-refractivity contribution in [1.82, 2.24) is 0 Å². The van der Waals surface area contributed by atoms with Gasteiger partial charge in [-0.3, -0.25) is 0 Å². The molecule has 0 aliphatic carbocycles. The smallest absolute Gasteiger partial charge is 0.0121 e. The van der Waals surface area contributed by atoms with Gasteiger partial charge in [0.1, 0.15) is 0 Å². The SMILES string of the molecule is CC(C)CC#CBr. The quantitative estimate of drug-likeness (QED) is 0.518. The predicted octanol–water partition coefficient (Wildman–Crippen LogP) is 2.39. The molecule has 0 nitrogen and oxygen atoms in total. The fourth-order valence-electron chi connectivity index (χ4n) is 0.243. The van der Waals surface area contributed by atoms with Crippen LogP contribution in [0.1, 0.15) is 20.3 Å². The van der Waals surface area contributed by atoms with Gasteiger partial charge in [0.2, 0.25) is 0 Å². The topological polar surface area (TPSA) is 0 Å². The third-order valence-corrected chi connectivity index (χ3v) is 0.857. The largest absolute Gasteiger partial charge is 0.0905 e. The lowest BCUT2D eigenvalue weighted by Crippen LogP contribution is -1.80. The lowest BCUT2D eigenvalue weighted by Gasteiger charge is -1.90. The van der Waals surface area contributed by atoms with Crippen molar-refractivity contribution >= 4 is 15.9 Å². The Hall–Kier alpha value is 0.0400. The van der Waals surface area contributed by atoms with Crippen LogP contribution in [0.3, 0.4) is 0 Å². The van der Waals surface area contributed by atoms with Gasteiger partial charge in [0, 0.05) is 22.4 Å². The Morgan fingerprint density at radius 2 is 2.14 bits per heavy atom. The molecule has 0 unspecified atom stereocenters. The Kier molecular flexibility index (Phi) is 4.23. The van der Waals surface area contributed by atoms with E-state index >= 15 is 0 Å². The fraction of sp³-hybridized carbons (Fsp3) is 0.667. The molecule has 0 rings (SSSR count). The summed E-state index contributed by atoms with van der Waals surface area (Å²) in [6, 6.07) is 0. The first-order valence-corrected chi connectivity index (χ1v) is 3.15. The number of rotatable bonds is 1. The molecule has 0 aliphatic heterocycles. The molecule has 0 aromatic heterocycles. The van der Waals surface area contributed by atoms with Crippen LogP contribution in [0.4, 0.5) is 0 Å². The van der Waals surface area contributed by atoms with Crippen LogP contribution in [0.2, 0.25) is 0 Å². The molecule has 0 aliphatic rings. The van der Waals surface area contributed by atoms with Crippen LogP contribution in [0.5, 0.6) is 0 Å². The van der Waals surface area contributed by atoms with Gasteiger partial charge in [-0.25, -0.2) is 0 Å². The van der Waals surface area contributed by atoms with Gasteiger partial charge in [-0.2, -0.15) is 0 Å². The average molecular weight is 161 g/mol. The highest BCUT2D eigenvalue weighted by Gasteiger charge is 1.84. The maximum absolute atomic E-state index is 3.02. The zero-order valence-electron chi connectivity index (χ0n) is 4.66. The number of hydrogen-bond donors (Lipinski definition) is 0. The summed E-state index contributed by atoms with van der Waals surface area (Å²) in [5.74, 6) is 3.61. The van der Waals surface area contributed by atoms with Crippen molar-refractivity contribution in [3.8, 4) is 10.8 Å². The van der Waals surface area contributed by atoms with E-state index in [9.17, 15) is 0 Å². The van der Waals surface area contributed by atoms with Gasteiger partial charge in [0.05, 0.1) is 0 Å². The number of hydrogen-bond acceptors (Lipinski definition) is 0. The van der Waals surface area contributed by atoms with E-state index in [1.54, 1.807) is 0 Å². The normalized spacial score (nSPS) is 8.00. The predicted molar refractivity (Wildman–Crippen MR) is 36.2 cm³/mol. The molecule has 0 fully saturated rings. The molecule has 0 amide bonds. The molecule has 0 saturated heterocycles. The Morgan fingerprint density at radius 3 is 2.29 bits per heavy atom. The molecule has 7 heavy (non-hydrogen) atoms. The van der Waals surface area contributed by atoms with Crippen molar-refractivity contribution in [2.24, 2.45) is 5.92 Å². The first-order chi connectivity index (χ1) is 3.27. The zero-order valence-corrected chi connectivity index (χ0v) is 6.25. The van der Waals surface area contributed by atoms with Crippen molar-refractivity contribution in [3.05, 3.63) is 0 Å². The van der Waals surface area contributed by atoms with Gasteiger partial charge in [-0.15, -0.1) is 0 Å². The molecule has 0 bridgehead atoms. The van der Waals surface area contributed by atoms with Crippen LogP contribution >= 0.6 is 15.9 Å². The van der Waals surface area contributed by atoms with Gasteiger partial charge in [-0.1, -0.05) is 19.8 Å². The van der Waals surface area contributed by atoms with Crippen LogP contribution in [0.15, 0.2) is 0 Å². The minimum atomic E-state index is 0.699. The van der Waals surface area contributed by atoms with Crippen LogP contribution in [0.25, 0.3) is 0 Å². The van der Waals surface area contributed by atoms with Gasteiger partial charge < -0.3 is 0 Å². The summed E-state index contributed by atoms with van der Waals surface area (Å²) >= 11 is 3.02. The molecule has 0 aromatic rings. The van der Waals surface area contributed by atoms with Crippen molar-refractivity contribution in [1.29, 1.82) is 0 Å². The van der Waals surface area contributed by atoms with Gasteiger partial charge in [0.25, 0.3) is 0 Å². The molecule has 0 radical (unpaired) electrons. The third kappa shape index (κ3) is 6.04. The Balaban J connectivity index is 3.08. The Bertz CT molecular complexity index is 84.1. The fourth-order valence-corrected chi connectivity index (χ4v) is 0.405. The molecule has 0 aromatic carbocycles. The zero-order chi connectivity index (χ0) is 5.70. The van der Waals surface area contributed by atoms with Crippen LogP contribution in [-0.2, 0) is 0 Å². The second kappa shape index (κ2) is 4.21. The van der Waals surface area contributed by atoms with E-state index in [1.807, 2.05) is 0 Å². The highest BCUT2D eigenvalue weighted by atomic mass is 79.9. The minimum Gasteiger partial charge on any atom is -0.0905 e. The second-order valence-electron chi connectivity index (χ2n) is 1.87. The van der Waals surface area contributed by atoms with E-state index < -0.39 is 0 Å². The maximum atomic E-state index is 3.02. The van der Waals surface area contributed by atoms with E-state index in [-0.39, 0.29) is 0 Å². The lowest BCUT2D eigenvalue weighted by molar-refractivity contribution is 0.676. The van der Waals surface area contributed by atoms with Crippen molar-refractivity contribution in [2.75, 3.05) is 0 Å². The summed E-state index contributed by atoms with van der Waals surface area (Å²) in [5.41, 5.74) is 0. The summed E-state index contributed by atoms with van der Waals surface area (Å²) in [7, 11) is 0. The van der Waals surface area contributed by atoms with Crippen LogP contribution in [-0.4, -0.2) is 0 Å². The molecule has 40 valence electrons. The molecule has 0 atom stereocenters. The van der Waals surface area contributed by atoms with E-state index in [0.29, 0.717) is 5.92 Å². The van der Waals surface area contributed by atoms with Gasteiger partial charge in [-0.05, 0) is 10.7 Å². The molecular weight excluding hydrogens is 152 g/mol. The number of halogens is 1. The summed E-state index contributed by atoms with van der Waals surface area (Å²) in [6.45, 7) is 4.30. The standard InChI is InChI=1S/C6H9Br/c1-6(2)4-3-5-7/h6H,4H2,1-2H3. The molecule has 1 heteroatoms. The molecule has 0 heterocycles. The molecule has 0 N–H and O–H groups in total. The molecule has 0 saturated carbocycles. The Morgan fingerprint density at radius 1 is 1.57 bits per heavy atom. The molecular formula is C6H9Br. The van der Waals surface area contributed by atoms with Crippen molar-refractivity contribution in [3.63, 3.8) is 0 Å². The highest BCUT2D eigenvalue weighted by molar-refractivity contribution is 9.12. The summed E-state index contributed by atoms with van der Waals surface area (Å²) in [5, 5.41) is 0. The lowest BCUT2D eigenvalue weighted by atomic mass is 10.1. The summed E-state index contributed by atoms with van der Waals surface area (Å²) < 4.78 is 0. The average Bonchev–Trinajstić information content (AvgIpc) is 1.61. The van der Waals surface area contributed by atoms with E-state index in [2.05, 4.69) is 40.5 Å². The van der Waals surface area contributed by atoms with Gasteiger partial charge >= 0.3 is 0 Å². The van der Waals surface area contributed by atoms with Gasteiger partial charge in [0.15, 0.2) is 0 Å². The van der Waals surface area contributed by atoms with Crippen molar-refractivity contribution in [2.45, 2.75) is 20.3 Å². The van der Waals surface area contributed by atoms with E-state index in [0.717, 1.165) is 6.42 Å². The summed E-state index contributed by atoms with van der Waals surface area (Å²) in [4.78, 5) is 2.66. The minimum absolute atomic E-state index is 0.699. The summed E-state index contributed by atoms with van der Waals surface area (Å²) in [6.07, 6.45) is 0.991. The second-order valence-corrected chi connectivity index (χ2v) is 2.27. The van der Waals surface area contributed by atoms with E-state index in [1.165, 1.54) is 0 Å². The van der Waals surface area contributed by atoms with Crippen LogP contribution in [0, 0.1) is 16.7 Å². The monoisotopic (exact) mass is 160 g/mol. The van der Waals surface area contributed by atoms with E-state index in [4.69, 9.17) is 0 Å². The molecule has 0 spiro atoms. The van der Waals surface area contributed by atoms with Crippen molar-refractivity contribution < 1.29 is 0 Å². The maximum Gasteiger partial charge on any atom is 0.0121 e. The Labute approximate surface area is 53.4 Å². The highest BCUT2D eigenvalue weighted by Crippen LogP contribution is 1.95. The van der Waals surface area contributed by atoms with Crippen LogP contribution < -0.4 is 0 Å².